The molecule has 0 unspecified atom stereocenters. The maximum atomic E-state index is 12.0. The van der Waals surface area contributed by atoms with Gasteiger partial charge in [0.1, 0.15) is 5.75 Å². The van der Waals surface area contributed by atoms with Gasteiger partial charge in [0.2, 0.25) is 0 Å². The van der Waals surface area contributed by atoms with E-state index < -0.39 is 0 Å². The largest absolute Gasteiger partial charge is 0.497 e. The topological polar surface area (TPSA) is 76.5 Å². The number of nitrogens with zero attached hydrogens (tertiary/aromatic N) is 3. The predicted molar refractivity (Wildman–Crippen MR) is 120 cm³/mol. The van der Waals surface area contributed by atoms with Crippen molar-refractivity contribution in [2.45, 2.75) is 21.4 Å². The number of hydrogen-bond acceptors (Lipinski definition) is 8. The van der Waals surface area contributed by atoms with Crippen LogP contribution in [0.1, 0.15) is 16.7 Å². The summed E-state index contributed by atoms with van der Waals surface area (Å²) in [6.45, 7) is 2.07. The number of rotatable bonds is 9. The Kier molecular flexibility index (Phi) is 8.09. The molecule has 29 heavy (non-hydrogen) atoms. The number of ether oxygens (including phenoxy) is 1. The van der Waals surface area contributed by atoms with Gasteiger partial charge in [0.05, 0.1) is 19.1 Å². The average Bonchev–Trinajstić information content (AvgIpc) is 3.20. The van der Waals surface area contributed by atoms with Crippen molar-refractivity contribution in [3.8, 4) is 5.75 Å². The molecule has 0 aliphatic heterocycles. The number of carbonyl (C=O) groups excluding carboxylic acids is 1. The van der Waals surface area contributed by atoms with Crippen molar-refractivity contribution in [1.82, 2.24) is 15.6 Å². The van der Waals surface area contributed by atoms with Gasteiger partial charge in [-0.3, -0.25) is 4.79 Å². The molecule has 1 heterocycles. The molecular formula is C20H20N4O2S3. The van der Waals surface area contributed by atoms with Crippen LogP contribution in [0, 0.1) is 6.92 Å². The number of carbonyl (C=O) groups is 1. The minimum atomic E-state index is -0.196. The van der Waals surface area contributed by atoms with Crippen LogP contribution < -0.4 is 10.2 Å². The third-order valence-electron chi connectivity index (χ3n) is 3.69. The Morgan fingerprint density at radius 1 is 1.17 bits per heavy atom. The van der Waals surface area contributed by atoms with E-state index in [2.05, 4.69) is 51.9 Å². The number of hydrazone groups is 1. The molecule has 0 aliphatic rings. The van der Waals surface area contributed by atoms with Crippen molar-refractivity contribution in [2.24, 2.45) is 5.10 Å². The summed E-state index contributed by atoms with van der Waals surface area (Å²) in [5, 5.41) is 12.3. The number of thioether (sulfide) groups is 2. The highest BCUT2D eigenvalue weighted by Crippen LogP contribution is 2.30. The molecule has 150 valence electrons. The fraction of sp³-hybridized carbons (Fsp3) is 0.200. The van der Waals surface area contributed by atoms with E-state index >= 15 is 0 Å². The summed E-state index contributed by atoms with van der Waals surface area (Å²) < 4.78 is 6.81. The third-order valence-corrected chi connectivity index (χ3v) is 6.96. The second-order valence-corrected chi connectivity index (χ2v) is 9.39. The quantitative estimate of drug-likeness (QED) is 0.300. The van der Waals surface area contributed by atoms with Crippen molar-refractivity contribution in [3.05, 3.63) is 65.2 Å². The maximum Gasteiger partial charge on any atom is 0.250 e. The molecule has 1 aromatic heterocycles. The first-order valence-corrected chi connectivity index (χ1v) is 11.5. The molecule has 0 saturated carbocycles. The standard InChI is InChI=1S/C20H20N4O2S3/c1-14-6-8-15(9-7-14)12-27-19-23-24-20(29-19)28-13-18(25)22-21-11-16-4-3-5-17(10-16)26-2/h3-11H,12-13H2,1-2H3,(H,22,25)/b21-11-. The summed E-state index contributed by atoms with van der Waals surface area (Å²) >= 11 is 4.49. The summed E-state index contributed by atoms with van der Waals surface area (Å²) in [6.07, 6.45) is 1.58. The molecule has 2 aromatic carbocycles. The smallest absolute Gasteiger partial charge is 0.250 e. The van der Waals surface area contributed by atoms with E-state index in [0.717, 1.165) is 25.7 Å². The first kappa shape index (κ1) is 21.4. The second-order valence-electron chi connectivity index (χ2n) is 5.97. The Hall–Kier alpha value is -2.36. The first-order chi connectivity index (χ1) is 14.1. The van der Waals surface area contributed by atoms with Gasteiger partial charge in [-0.1, -0.05) is 76.8 Å². The van der Waals surface area contributed by atoms with Crippen molar-refractivity contribution in [2.75, 3.05) is 12.9 Å². The van der Waals surface area contributed by atoms with Crippen molar-refractivity contribution < 1.29 is 9.53 Å². The molecule has 0 aliphatic carbocycles. The van der Waals surface area contributed by atoms with Crippen molar-refractivity contribution in [1.29, 1.82) is 0 Å². The van der Waals surface area contributed by atoms with Gasteiger partial charge in [0.25, 0.3) is 5.91 Å². The zero-order chi connectivity index (χ0) is 20.5. The normalized spacial score (nSPS) is 11.0. The average molecular weight is 445 g/mol. The fourth-order valence-electron chi connectivity index (χ4n) is 2.20. The number of nitrogens with one attached hydrogen (secondary N) is 1. The summed E-state index contributed by atoms with van der Waals surface area (Å²) in [4.78, 5) is 12.0. The van der Waals surface area contributed by atoms with Crippen LogP contribution in [0.3, 0.4) is 0 Å². The summed E-state index contributed by atoms with van der Waals surface area (Å²) in [5.41, 5.74) is 5.86. The van der Waals surface area contributed by atoms with E-state index in [4.69, 9.17) is 4.74 Å². The molecule has 1 N–H and O–H groups in total. The zero-order valence-electron chi connectivity index (χ0n) is 16.0. The van der Waals surface area contributed by atoms with Crippen LogP contribution in [-0.2, 0) is 10.5 Å². The number of amides is 1. The van der Waals surface area contributed by atoms with Crippen LogP contribution >= 0.6 is 34.9 Å². The van der Waals surface area contributed by atoms with Gasteiger partial charge in [-0.05, 0) is 30.2 Å². The van der Waals surface area contributed by atoms with Crippen LogP contribution in [0.2, 0.25) is 0 Å². The van der Waals surface area contributed by atoms with E-state index in [1.54, 1.807) is 25.1 Å². The highest BCUT2D eigenvalue weighted by molar-refractivity contribution is 8.03. The van der Waals surface area contributed by atoms with Gasteiger partial charge in [-0.2, -0.15) is 5.10 Å². The minimum Gasteiger partial charge on any atom is -0.497 e. The molecule has 0 fully saturated rings. The monoisotopic (exact) mass is 444 g/mol. The highest BCUT2D eigenvalue weighted by Gasteiger charge is 2.08. The van der Waals surface area contributed by atoms with E-state index in [1.807, 2.05) is 24.3 Å². The predicted octanol–water partition coefficient (Wildman–Crippen LogP) is 4.39. The molecule has 1 amide bonds. The lowest BCUT2D eigenvalue weighted by atomic mass is 10.2. The van der Waals surface area contributed by atoms with E-state index in [9.17, 15) is 4.79 Å². The summed E-state index contributed by atoms with van der Waals surface area (Å²) in [7, 11) is 1.61. The van der Waals surface area contributed by atoms with Crippen molar-refractivity contribution >= 4 is 47.0 Å². The van der Waals surface area contributed by atoms with Crippen LogP contribution in [0.15, 0.2) is 62.3 Å². The van der Waals surface area contributed by atoms with Crippen LogP contribution in [0.5, 0.6) is 5.75 Å². The lowest BCUT2D eigenvalue weighted by molar-refractivity contribution is -0.118. The fourth-order valence-corrected chi connectivity index (χ4v) is 4.97. The van der Waals surface area contributed by atoms with Crippen LogP contribution in [0.25, 0.3) is 0 Å². The van der Waals surface area contributed by atoms with Gasteiger partial charge in [0, 0.05) is 5.75 Å². The summed E-state index contributed by atoms with van der Waals surface area (Å²) in [6, 6.07) is 15.9. The molecule has 3 rings (SSSR count). The van der Waals surface area contributed by atoms with Gasteiger partial charge in [-0.25, -0.2) is 5.43 Å². The molecule has 0 saturated heterocycles. The van der Waals surface area contributed by atoms with E-state index in [-0.39, 0.29) is 11.7 Å². The SMILES string of the molecule is COc1cccc(/C=N\NC(=O)CSc2nnc(SCc3ccc(C)cc3)s2)c1. The maximum absolute atomic E-state index is 12.0. The summed E-state index contributed by atoms with van der Waals surface area (Å²) in [5.74, 6) is 1.62. The number of aryl methyl sites for hydroxylation is 1. The third kappa shape index (κ3) is 7.19. The molecule has 0 spiro atoms. The highest BCUT2D eigenvalue weighted by atomic mass is 32.2. The van der Waals surface area contributed by atoms with Gasteiger partial charge < -0.3 is 4.74 Å². The molecule has 3 aromatic rings. The van der Waals surface area contributed by atoms with Gasteiger partial charge in [0.15, 0.2) is 8.68 Å². The zero-order valence-corrected chi connectivity index (χ0v) is 18.4. The number of benzene rings is 2. The second kappa shape index (κ2) is 11.0. The molecule has 0 radical (unpaired) electrons. The minimum absolute atomic E-state index is 0.196. The Labute approximate surface area is 182 Å². The van der Waals surface area contributed by atoms with E-state index in [0.29, 0.717) is 0 Å². The van der Waals surface area contributed by atoms with E-state index in [1.165, 1.54) is 34.2 Å². The lowest BCUT2D eigenvalue weighted by Crippen LogP contribution is -2.19. The Morgan fingerprint density at radius 3 is 2.69 bits per heavy atom. The lowest BCUT2D eigenvalue weighted by Gasteiger charge is -2.00. The van der Waals surface area contributed by atoms with Gasteiger partial charge >= 0.3 is 0 Å². The number of hydrogen-bond donors (Lipinski definition) is 1. The number of aromatic nitrogens is 2. The Balaban J connectivity index is 1.41. The van der Waals surface area contributed by atoms with Crippen LogP contribution in [0.4, 0.5) is 0 Å². The molecule has 0 bridgehead atoms. The molecule has 0 atom stereocenters. The van der Waals surface area contributed by atoms with Crippen molar-refractivity contribution in [3.63, 3.8) is 0 Å². The molecular weight excluding hydrogens is 424 g/mol. The van der Waals surface area contributed by atoms with Gasteiger partial charge in [-0.15, -0.1) is 10.2 Å². The van der Waals surface area contributed by atoms with Crippen LogP contribution in [-0.4, -0.2) is 35.2 Å². The first-order valence-electron chi connectivity index (χ1n) is 8.73. The Bertz CT molecular complexity index is 974. The molecule has 6 nitrogen and oxygen atoms in total. The molecule has 9 heteroatoms. The Morgan fingerprint density at radius 2 is 1.93 bits per heavy atom. The number of methoxy groups -OCH3 is 1.